The predicted molar refractivity (Wildman–Crippen MR) is 82.6 cm³/mol. The maximum Gasteiger partial charge on any atom is 0.314 e. The molecule has 0 saturated heterocycles. The normalized spacial score (nSPS) is 9.52. The van der Waals surface area contributed by atoms with Crippen LogP contribution >= 0.6 is 15.9 Å². The quantitative estimate of drug-likeness (QED) is 0.822. The summed E-state index contributed by atoms with van der Waals surface area (Å²) >= 11 is 3.28. The summed E-state index contributed by atoms with van der Waals surface area (Å²) < 4.78 is 0.877. The van der Waals surface area contributed by atoms with Gasteiger partial charge in [-0.3, -0.25) is 9.59 Å². The highest BCUT2D eigenvalue weighted by atomic mass is 79.9. The van der Waals surface area contributed by atoms with Crippen LogP contribution in [-0.4, -0.2) is 11.8 Å². The first-order chi connectivity index (χ1) is 10.1. The van der Waals surface area contributed by atoms with Gasteiger partial charge in [0.1, 0.15) is 0 Å². The van der Waals surface area contributed by atoms with E-state index in [9.17, 15) is 9.59 Å². The van der Waals surface area contributed by atoms with Crippen molar-refractivity contribution in [1.82, 2.24) is 0 Å². The van der Waals surface area contributed by atoms with Gasteiger partial charge in [0.25, 0.3) is 0 Å². The number of amides is 2. The zero-order valence-electron chi connectivity index (χ0n) is 10.8. The van der Waals surface area contributed by atoms with E-state index in [0.717, 1.165) is 4.47 Å². The summed E-state index contributed by atoms with van der Waals surface area (Å²) in [6.45, 7) is 0. The molecule has 0 atom stereocenters. The Morgan fingerprint density at radius 1 is 0.857 bits per heavy atom. The van der Waals surface area contributed by atoms with E-state index in [1.54, 1.807) is 48.5 Å². The van der Waals surface area contributed by atoms with Crippen LogP contribution in [0.2, 0.25) is 0 Å². The molecule has 0 spiro atoms. The van der Waals surface area contributed by atoms with Gasteiger partial charge in [-0.1, -0.05) is 15.9 Å². The van der Waals surface area contributed by atoms with Crippen LogP contribution in [0.15, 0.2) is 53.0 Å². The van der Waals surface area contributed by atoms with Crippen LogP contribution in [0.1, 0.15) is 5.56 Å². The minimum Gasteiger partial charge on any atom is -0.318 e. The number of hydrogen-bond donors (Lipinski definition) is 2. The van der Waals surface area contributed by atoms with Crippen molar-refractivity contribution in [3.8, 4) is 6.07 Å². The maximum atomic E-state index is 11.7. The molecule has 0 aromatic heterocycles. The minimum absolute atomic E-state index is 0.449. The summed E-state index contributed by atoms with van der Waals surface area (Å²) in [5, 5.41) is 13.6. The zero-order valence-corrected chi connectivity index (χ0v) is 12.3. The van der Waals surface area contributed by atoms with E-state index in [0.29, 0.717) is 16.9 Å². The molecule has 0 radical (unpaired) electrons. The standard InChI is InChI=1S/C15H10BrN3O2/c16-11-3-7-13(8-4-11)19-15(21)14(20)18-12-5-1-10(9-17)2-6-12/h1-8H,(H,18,20)(H,19,21). The third-order valence-corrected chi connectivity index (χ3v) is 3.11. The fourth-order valence-electron chi connectivity index (χ4n) is 1.54. The predicted octanol–water partition coefficient (Wildman–Crippen LogP) is 2.90. The smallest absolute Gasteiger partial charge is 0.314 e. The molecule has 5 nitrogen and oxygen atoms in total. The molecule has 0 bridgehead atoms. The van der Waals surface area contributed by atoms with Crippen molar-refractivity contribution < 1.29 is 9.59 Å². The van der Waals surface area contributed by atoms with Gasteiger partial charge in [0.2, 0.25) is 0 Å². The third-order valence-electron chi connectivity index (χ3n) is 2.58. The van der Waals surface area contributed by atoms with E-state index < -0.39 is 11.8 Å². The average Bonchev–Trinajstić information content (AvgIpc) is 2.50. The van der Waals surface area contributed by atoms with Crippen molar-refractivity contribution >= 4 is 39.1 Å². The Balaban J connectivity index is 1.97. The second kappa shape index (κ2) is 6.68. The van der Waals surface area contributed by atoms with Crippen LogP contribution < -0.4 is 10.6 Å². The molecule has 0 heterocycles. The molecule has 0 aliphatic carbocycles. The van der Waals surface area contributed by atoms with Gasteiger partial charge in [-0.05, 0) is 48.5 Å². The number of carbonyl (C=O) groups excluding carboxylic acids is 2. The van der Waals surface area contributed by atoms with Gasteiger partial charge in [0, 0.05) is 15.8 Å². The summed E-state index contributed by atoms with van der Waals surface area (Å²) in [7, 11) is 0. The number of nitrogens with one attached hydrogen (secondary N) is 2. The SMILES string of the molecule is N#Cc1ccc(NC(=O)C(=O)Nc2ccc(Br)cc2)cc1. The summed E-state index contributed by atoms with van der Waals surface area (Å²) in [4.78, 5) is 23.5. The molecule has 0 saturated carbocycles. The van der Waals surface area contributed by atoms with Crippen molar-refractivity contribution in [3.63, 3.8) is 0 Å². The van der Waals surface area contributed by atoms with E-state index in [4.69, 9.17) is 5.26 Å². The summed E-state index contributed by atoms with van der Waals surface area (Å²) in [6, 6.07) is 15.1. The molecule has 2 aromatic carbocycles. The molecule has 21 heavy (non-hydrogen) atoms. The van der Waals surface area contributed by atoms with Gasteiger partial charge < -0.3 is 10.6 Å². The lowest BCUT2D eigenvalue weighted by Gasteiger charge is -2.06. The molecule has 2 N–H and O–H groups in total. The molecule has 2 amide bonds. The second-order valence-electron chi connectivity index (χ2n) is 4.10. The number of nitriles is 1. The number of rotatable bonds is 2. The number of carbonyl (C=O) groups is 2. The molecule has 0 aliphatic heterocycles. The Kier molecular flexibility index (Phi) is 4.69. The fourth-order valence-corrected chi connectivity index (χ4v) is 1.80. The maximum absolute atomic E-state index is 11.7. The lowest BCUT2D eigenvalue weighted by atomic mass is 10.2. The molecule has 2 aromatic rings. The molecule has 6 heteroatoms. The van der Waals surface area contributed by atoms with Crippen molar-refractivity contribution in [2.75, 3.05) is 10.6 Å². The summed E-state index contributed by atoms with van der Waals surface area (Å²) in [5.41, 5.74) is 1.45. The van der Waals surface area contributed by atoms with Gasteiger partial charge in [-0.25, -0.2) is 0 Å². The third kappa shape index (κ3) is 4.16. The number of hydrogen-bond acceptors (Lipinski definition) is 3. The van der Waals surface area contributed by atoms with E-state index in [-0.39, 0.29) is 0 Å². The van der Waals surface area contributed by atoms with Gasteiger partial charge >= 0.3 is 11.8 Å². The summed E-state index contributed by atoms with van der Waals surface area (Å²) in [6.07, 6.45) is 0. The van der Waals surface area contributed by atoms with Gasteiger partial charge in [-0.2, -0.15) is 5.26 Å². The highest BCUT2D eigenvalue weighted by Gasteiger charge is 2.13. The Morgan fingerprint density at radius 2 is 1.29 bits per heavy atom. The molecule has 104 valence electrons. The first-order valence-electron chi connectivity index (χ1n) is 5.96. The first kappa shape index (κ1) is 14.8. The van der Waals surface area contributed by atoms with E-state index >= 15 is 0 Å². The largest absolute Gasteiger partial charge is 0.318 e. The first-order valence-corrected chi connectivity index (χ1v) is 6.76. The van der Waals surface area contributed by atoms with Gasteiger partial charge in [-0.15, -0.1) is 0 Å². The minimum atomic E-state index is -0.775. The molecular weight excluding hydrogens is 334 g/mol. The molecule has 0 fully saturated rings. The zero-order chi connectivity index (χ0) is 15.2. The summed E-state index contributed by atoms with van der Waals surface area (Å²) in [5.74, 6) is -1.54. The monoisotopic (exact) mass is 343 g/mol. The Hall–Kier alpha value is -2.65. The van der Waals surface area contributed by atoms with E-state index in [1.807, 2.05) is 6.07 Å². The van der Waals surface area contributed by atoms with Crippen molar-refractivity contribution in [3.05, 3.63) is 58.6 Å². The van der Waals surface area contributed by atoms with Gasteiger partial charge in [0.15, 0.2) is 0 Å². The topological polar surface area (TPSA) is 82.0 Å². The lowest BCUT2D eigenvalue weighted by Crippen LogP contribution is -2.29. The molecule has 2 rings (SSSR count). The van der Waals surface area contributed by atoms with Crippen LogP contribution in [0.25, 0.3) is 0 Å². The van der Waals surface area contributed by atoms with Crippen LogP contribution in [0, 0.1) is 11.3 Å². The van der Waals surface area contributed by atoms with Crippen LogP contribution in [0.3, 0.4) is 0 Å². The van der Waals surface area contributed by atoms with Gasteiger partial charge in [0.05, 0.1) is 11.6 Å². The molecule has 0 aliphatic rings. The van der Waals surface area contributed by atoms with Crippen molar-refractivity contribution in [2.45, 2.75) is 0 Å². The number of nitrogens with zero attached hydrogens (tertiary/aromatic N) is 1. The Bertz CT molecular complexity index is 703. The van der Waals surface area contributed by atoms with Crippen LogP contribution in [0.4, 0.5) is 11.4 Å². The Morgan fingerprint density at radius 3 is 1.71 bits per heavy atom. The fraction of sp³-hybridized carbons (Fsp3) is 0. The van der Waals surface area contributed by atoms with E-state index in [2.05, 4.69) is 26.6 Å². The highest BCUT2D eigenvalue weighted by Crippen LogP contribution is 2.14. The average molecular weight is 344 g/mol. The van der Waals surface area contributed by atoms with Crippen molar-refractivity contribution in [1.29, 1.82) is 5.26 Å². The molecule has 0 unspecified atom stereocenters. The lowest BCUT2D eigenvalue weighted by molar-refractivity contribution is -0.132. The second-order valence-corrected chi connectivity index (χ2v) is 5.02. The number of benzene rings is 2. The highest BCUT2D eigenvalue weighted by molar-refractivity contribution is 9.10. The van der Waals surface area contributed by atoms with Crippen molar-refractivity contribution in [2.24, 2.45) is 0 Å². The Labute approximate surface area is 129 Å². The van der Waals surface area contributed by atoms with E-state index in [1.165, 1.54) is 0 Å². The number of anilines is 2. The number of halogens is 1. The van der Waals surface area contributed by atoms with Crippen LogP contribution in [0.5, 0.6) is 0 Å². The molecular formula is C15H10BrN3O2. The van der Waals surface area contributed by atoms with Crippen LogP contribution in [-0.2, 0) is 9.59 Å².